The molecule has 1 aromatic heterocycles. The highest BCUT2D eigenvalue weighted by molar-refractivity contribution is 7.11. The van der Waals surface area contributed by atoms with Gasteiger partial charge in [-0.25, -0.2) is 4.98 Å². The van der Waals surface area contributed by atoms with E-state index in [1.54, 1.807) is 44.6 Å². The standard InChI is InChI=1S/C20H14Cl2N2O2S/c1-25-18-6-3-12(8-19(18)26-2)7-13(10-23)20-24-17(11-27-20)15-5-4-14(21)9-16(15)22/h3-9,11H,1-2H3/b13-7-. The molecule has 7 heteroatoms. The molecule has 0 fully saturated rings. The third-order valence-corrected chi connectivity index (χ3v) is 5.20. The summed E-state index contributed by atoms with van der Waals surface area (Å²) in [6.45, 7) is 0. The molecule has 0 N–H and O–H groups in total. The fourth-order valence-corrected chi connectivity index (χ4v) is 3.76. The maximum atomic E-state index is 9.59. The lowest BCUT2D eigenvalue weighted by molar-refractivity contribution is 0.355. The van der Waals surface area contributed by atoms with E-state index in [1.165, 1.54) is 11.3 Å². The topological polar surface area (TPSA) is 55.1 Å². The summed E-state index contributed by atoms with van der Waals surface area (Å²) in [7, 11) is 3.15. The molecule has 3 rings (SSSR count). The van der Waals surface area contributed by atoms with Gasteiger partial charge in [0.1, 0.15) is 11.1 Å². The molecule has 1 heterocycles. The zero-order valence-electron chi connectivity index (χ0n) is 14.5. The molecule has 0 bridgehead atoms. The first kappa shape index (κ1) is 19.2. The summed E-state index contributed by atoms with van der Waals surface area (Å²) >= 11 is 13.6. The number of methoxy groups -OCH3 is 2. The summed E-state index contributed by atoms with van der Waals surface area (Å²) < 4.78 is 10.5. The summed E-state index contributed by atoms with van der Waals surface area (Å²) in [5.41, 5.74) is 2.73. The Hall–Kier alpha value is -2.52. The van der Waals surface area contributed by atoms with E-state index >= 15 is 0 Å². The van der Waals surface area contributed by atoms with E-state index in [9.17, 15) is 5.26 Å². The lowest BCUT2D eigenvalue weighted by Crippen LogP contribution is -1.91. The highest BCUT2D eigenvalue weighted by Crippen LogP contribution is 2.34. The van der Waals surface area contributed by atoms with E-state index in [1.807, 2.05) is 17.5 Å². The van der Waals surface area contributed by atoms with Crippen LogP contribution >= 0.6 is 34.5 Å². The molecule has 2 aromatic carbocycles. The third kappa shape index (κ3) is 4.25. The molecule has 136 valence electrons. The smallest absolute Gasteiger partial charge is 0.161 e. The minimum Gasteiger partial charge on any atom is -0.493 e. The molecule has 0 amide bonds. The highest BCUT2D eigenvalue weighted by atomic mass is 35.5. The van der Waals surface area contributed by atoms with Crippen LogP contribution in [0, 0.1) is 11.3 Å². The quantitative estimate of drug-likeness (QED) is 0.464. The van der Waals surface area contributed by atoms with Gasteiger partial charge in [-0.05, 0) is 42.0 Å². The first-order chi connectivity index (χ1) is 13.0. The molecular formula is C20H14Cl2N2O2S. The van der Waals surface area contributed by atoms with Crippen molar-refractivity contribution in [1.29, 1.82) is 5.26 Å². The van der Waals surface area contributed by atoms with Gasteiger partial charge in [-0.3, -0.25) is 0 Å². The van der Waals surface area contributed by atoms with Crippen molar-refractivity contribution in [3.8, 4) is 28.8 Å². The van der Waals surface area contributed by atoms with Crippen molar-refractivity contribution in [3.63, 3.8) is 0 Å². The van der Waals surface area contributed by atoms with Crippen molar-refractivity contribution in [1.82, 2.24) is 4.98 Å². The Morgan fingerprint density at radius 2 is 1.89 bits per heavy atom. The van der Waals surface area contributed by atoms with Gasteiger partial charge in [0.05, 0.1) is 30.5 Å². The molecule has 0 aliphatic carbocycles. The lowest BCUT2D eigenvalue weighted by Gasteiger charge is -2.07. The average Bonchev–Trinajstić information content (AvgIpc) is 3.15. The Balaban J connectivity index is 1.96. The zero-order valence-corrected chi connectivity index (χ0v) is 16.8. The summed E-state index contributed by atoms with van der Waals surface area (Å²) in [6, 6.07) is 12.9. The largest absolute Gasteiger partial charge is 0.493 e. The molecule has 0 radical (unpaired) electrons. The summed E-state index contributed by atoms with van der Waals surface area (Å²) in [5.74, 6) is 1.22. The molecule has 0 saturated carbocycles. The number of rotatable bonds is 5. The number of hydrogen-bond donors (Lipinski definition) is 0. The van der Waals surface area contributed by atoms with Crippen LogP contribution < -0.4 is 9.47 Å². The Morgan fingerprint density at radius 1 is 1.11 bits per heavy atom. The normalized spacial score (nSPS) is 11.1. The second-order valence-corrected chi connectivity index (χ2v) is 7.15. The van der Waals surface area contributed by atoms with Gasteiger partial charge in [0, 0.05) is 16.0 Å². The number of ether oxygens (including phenoxy) is 2. The van der Waals surface area contributed by atoms with Gasteiger partial charge < -0.3 is 9.47 Å². The molecule has 0 atom stereocenters. The summed E-state index contributed by atoms with van der Waals surface area (Å²) in [6.07, 6.45) is 1.76. The van der Waals surface area contributed by atoms with Crippen molar-refractivity contribution >= 4 is 46.2 Å². The van der Waals surface area contributed by atoms with Crippen molar-refractivity contribution in [3.05, 3.63) is 62.4 Å². The van der Waals surface area contributed by atoms with Gasteiger partial charge in [-0.1, -0.05) is 29.3 Å². The Kier molecular flexibility index (Phi) is 6.02. The van der Waals surface area contributed by atoms with Crippen molar-refractivity contribution < 1.29 is 9.47 Å². The average molecular weight is 417 g/mol. The summed E-state index contributed by atoms with van der Waals surface area (Å²) in [5, 5.41) is 13.1. The Morgan fingerprint density at radius 3 is 2.56 bits per heavy atom. The molecule has 3 aromatic rings. The molecular weight excluding hydrogens is 403 g/mol. The predicted octanol–water partition coefficient (Wildman–Crippen LogP) is 6.20. The first-order valence-electron chi connectivity index (χ1n) is 7.81. The second kappa shape index (κ2) is 8.45. The first-order valence-corrected chi connectivity index (χ1v) is 9.44. The van der Waals surface area contributed by atoms with Gasteiger partial charge in [0.15, 0.2) is 11.5 Å². The van der Waals surface area contributed by atoms with E-state index < -0.39 is 0 Å². The number of nitriles is 1. The van der Waals surface area contributed by atoms with E-state index in [4.69, 9.17) is 32.7 Å². The lowest BCUT2D eigenvalue weighted by atomic mass is 10.1. The highest BCUT2D eigenvalue weighted by Gasteiger charge is 2.12. The molecule has 0 aliphatic heterocycles. The van der Waals surface area contributed by atoms with E-state index in [-0.39, 0.29) is 0 Å². The van der Waals surface area contributed by atoms with Gasteiger partial charge in [-0.15, -0.1) is 11.3 Å². The molecule has 0 spiro atoms. The molecule has 0 aliphatic rings. The van der Waals surface area contributed by atoms with Gasteiger partial charge in [-0.2, -0.15) is 5.26 Å². The molecule has 4 nitrogen and oxygen atoms in total. The fourth-order valence-electron chi connectivity index (χ4n) is 2.47. The van der Waals surface area contributed by atoms with Crippen LogP contribution in [0.15, 0.2) is 41.8 Å². The SMILES string of the molecule is COc1ccc(/C=C(/C#N)c2nc(-c3ccc(Cl)cc3Cl)cs2)cc1OC. The second-order valence-electron chi connectivity index (χ2n) is 5.45. The monoisotopic (exact) mass is 416 g/mol. The van der Waals surface area contributed by atoms with Crippen LogP contribution in [-0.4, -0.2) is 19.2 Å². The molecule has 0 unspecified atom stereocenters. The van der Waals surface area contributed by atoms with Crippen LogP contribution in [0.4, 0.5) is 0 Å². The number of aromatic nitrogens is 1. The van der Waals surface area contributed by atoms with Gasteiger partial charge in [0.25, 0.3) is 0 Å². The maximum absolute atomic E-state index is 9.59. The fraction of sp³-hybridized carbons (Fsp3) is 0.100. The van der Waals surface area contributed by atoms with Crippen LogP contribution in [0.1, 0.15) is 10.6 Å². The predicted molar refractivity (Wildman–Crippen MR) is 111 cm³/mol. The number of thiazole rings is 1. The van der Waals surface area contributed by atoms with Crippen LogP contribution in [0.2, 0.25) is 10.0 Å². The van der Waals surface area contributed by atoms with Gasteiger partial charge in [0.2, 0.25) is 0 Å². The van der Waals surface area contributed by atoms with Crippen molar-refractivity contribution in [2.24, 2.45) is 0 Å². The van der Waals surface area contributed by atoms with Crippen LogP contribution in [0.5, 0.6) is 11.5 Å². The number of allylic oxidation sites excluding steroid dienone is 1. The van der Waals surface area contributed by atoms with Crippen LogP contribution in [-0.2, 0) is 0 Å². The number of benzene rings is 2. The van der Waals surface area contributed by atoms with Crippen LogP contribution in [0.25, 0.3) is 22.9 Å². The number of nitrogens with zero attached hydrogens (tertiary/aromatic N) is 2. The van der Waals surface area contributed by atoms with E-state index in [0.29, 0.717) is 37.8 Å². The Labute approximate surface area is 171 Å². The zero-order chi connectivity index (χ0) is 19.4. The van der Waals surface area contributed by atoms with Gasteiger partial charge >= 0.3 is 0 Å². The number of hydrogen-bond acceptors (Lipinski definition) is 5. The van der Waals surface area contributed by atoms with E-state index in [2.05, 4.69) is 11.1 Å². The Bertz CT molecular complexity index is 1050. The maximum Gasteiger partial charge on any atom is 0.161 e. The number of halogens is 2. The van der Waals surface area contributed by atoms with E-state index in [0.717, 1.165) is 11.1 Å². The van der Waals surface area contributed by atoms with Crippen LogP contribution in [0.3, 0.4) is 0 Å². The minimum atomic E-state index is 0.448. The molecule has 0 saturated heterocycles. The van der Waals surface area contributed by atoms with Crippen molar-refractivity contribution in [2.45, 2.75) is 0 Å². The van der Waals surface area contributed by atoms with Crippen molar-refractivity contribution in [2.75, 3.05) is 14.2 Å². The third-order valence-electron chi connectivity index (χ3n) is 3.78. The molecule has 27 heavy (non-hydrogen) atoms. The minimum absolute atomic E-state index is 0.448. The summed E-state index contributed by atoms with van der Waals surface area (Å²) in [4.78, 5) is 4.56.